The minimum atomic E-state index is -0.949. The molecule has 6 nitrogen and oxygen atoms in total. The van der Waals surface area contributed by atoms with E-state index >= 15 is 0 Å². The van der Waals surface area contributed by atoms with Crippen LogP contribution in [-0.4, -0.2) is 61.0 Å². The van der Waals surface area contributed by atoms with Gasteiger partial charge in [-0.25, -0.2) is 0 Å². The average Bonchev–Trinajstić information content (AvgIpc) is 2.47. The Hall–Kier alpha value is 0.0200. The standard InChI is InChI=1S/C10H16Cl4N2O4/c11-1-3-19-9(15-7(17)5-13)10(20-4-2-12)16-8(18)6-14/h9-10H,1-6H2,(H,15,17)(H,16,18). The van der Waals surface area contributed by atoms with Crippen LogP contribution in [0.4, 0.5) is 0 Å². The van der Waals surface area contributed by atoms with Crippen LogP contribution in [0.3, 0.4) is 0 Å². The first-order valence-electron chi connectivity index (χ1n) is 5.64. The molecule has 0 aliphatic heterocycles. The maximum absolute atomic E-state index is 11.3. The van der Waals surface area contributed by atoms with E-state index in [0.29, 0.717) is 0 Å². The van der Waals surface area contributed by atoms with Gasteiger partial charge in [0, 0.05) is 11.8 Å². The summed E-state index contributed by atoms with van der Waals surface area (Å²) in [5.74, 6) is -1.06. The zero-order valence-corrected chi connectivity index (χ0v) is 13.6. The van der Waals surface area contributed by atoms with Gasteiger partial charge in [-0.15, -0.1) is 46.4 Å². The summed E-state index contributed by atoms with van der Waals surface area (Å²) >= 11 is 21.9. The zero-order valence-electron chi connectivity index (χ0n) is 10.5. The van der Waals surface area contributed by atoms with Gasteiger partial charge in [0.1, 0.15) is 11.8 Å². The molecule has 10 heteroatoms. The topological polar surface area (TPSA) is 76.7 Å². The van der Waals surface area contributed by atoms with Gasteiger partial charge in [0.15, 0.2) is 12.5 Å². The van der Waals surface area contributed by atoms with Crippen molar-refractivity contribution in [2.75, 3.05) is 36.7 Å². The molecular weight excluding hydrogens is 354 g/mol. The average molecular weight is 370 g/mol. The van der Waals surface area contributed by atoms with Gasteiger partial charge in [0.25, 0.3) is 0 Å². The van der Waals surface area contributed by atoms with Gasteiger partial charge in [-0.2, -0.15) is 0 Å². The minimum Gasteiger partial charge on any atom is -0.352 e. The highest BCUT2D eigenvalue weighted by atomic mass is 35.5. The van der Waals surface area contributed by atoms with E-state index in [2.05, 4.69) is 10.6 Å². The molecule has 2 N–H and O–H groups in total. The molecule has 20 heavy (non-hydrogen) atoms. The molecule has 2 atom stereocenters. The first kappa shape index (κ1) is 20.0. The summed E-state index contributed by atoms with van der Waals surface area (Å²) in [6.45, 7) is 0.290. The molecule has 0 aromatic rings. The van der Waals surface area contributed by atoms with E-state index in [4.69, 9.17) is 55.9 Å². The van der Waals surface area contributed by atoms with Gasteiger partial charge in [0.05, 0.1) is 13.2 Å². The first-order valence-corrected chi connectivity index (χ1v) is 7.78. The quantitative estimate of drug-likeness (QED) is 0.418. The Morgan fingerprint density at radius 2 is 1.15 bits per heavy atom. The molecule has 118 valence electrons. The van der Waals surface area contributed by atoms with Crippen LogP contribution < -0.4 is 10.6 Å². The van der Waals surface area contributed by atoms with Crippen molar-refractivity contribution in [2.45, 2.75) is 12.5 Å². The Morgan fingerprint density at radius 1 is 0.800 bits per heavy atom. The van der Waals surface area contributed by atoms with E-state index in [1.54, 1.807) is 0 Å². The monoisotopic (exact) mass is 368 g/mol. The van der Waals surface area contributed by atoms with E-state index in [-0.39, 0.29) is 36.7 Å². The second-order valence-electron chi connectivity index (χ2n) is 3.36. The number of nitrogens with one attached hydrogen (secondary N) is 2. The highest BCUT2D eigenvalue weighted by Gasteiger charge is 2.26. The fourth-order valence-corrected chi connectivity index (χ4v) is 1.48. The molecule has 0 heterocycles. The maximum atomic E-state index is 11.3. The van der Waals surface area contributed by atoms with Crippen LogP contribution in [0, 0.1) is 0 Å². The molecule has 0 spiro atoms. The van der Waals surface area contributed by atoms with Gasteiger partial charge >= 0.3 is 0 Å². The molecule has 0 aromatic heterocycles. The number of ether oxygens (including phenoxy) is 2. The second kappa shape index (κ2) is 12.7. The molecule has 0 aliphatic carbocycles. The van der Waals surface area contributed by atoms with Crippen molar-refractivity contribution in [3.05, 3.63) is 0 Å². The molecular formula is C10H16Cl4N2O4. The number of amides is 2. The Kier molecular flexibility index (Phi) is 12.8. The fraction of sp³-hybridized carbons (Fsp3) is 0.800. The molecule has 0 radical (unpaired) electrons. The molecule has 2 amide bonds. The number of carbonyl (C=O) groups excluding carboxylic acids is 2. The Labute approximate surface area is 137 Å². The number of alkyl halides is 4. The zero-order chi connectivity index (χ0) is 15.4. The normalized spacial score (nSPS) is 13.6. The maximum Gasteiger partial charge on any atom is 0.237 e. The van der Waals surface area contributed by atoms with Crippen molar-refractivity contribution in [2.24, 2.45) is 0 Å². The molecule has 0 aromatic carbocycles. The Morgan fingerprint density at radius 3 is 1.40 bits per heavy atom. The summed E-state index contributed by atoms with van der Waals surface area (Å²) in [7, 11) is 0. The lowest BCUT2D eigenvalue weighted by atomic mass is 10.4. The third kappa shape index (κ3) is 9.05. The van der Waals surface area contributed by atoms with E-state index in [1.165, 1.54) is 0 Å². The SMILES string of the molecule is O=C(CCl)NC(OCCCl)C(NC(=O)CCl)OCCCl. The number of rotatable bonds is 11. The van der Waals surface area contributed by atoms with Crippen LogP contribution in [-0.2, 0) is 19.1 Å². The predicted octanol–water partition coefficient (Wildman–Crippen LogP) is 0.859. The van der Waals surface area contributed by atoms with Gasteiger partial charge < -0.3 is 20.1 Å². The van der Waals surface area contributed by atoms with Gasteiger partial charge in [0.2, 0.25) is 11.8 Å². The summed E-state index contributed by atoms with van der Waals surface area (Å²) in [4.78, 5) is 22.7. The lowest BCUT2D eigenvalue weighted by Crippen LogP contribution is -2.55. The highest BCUT2D eigenvalue weighted by molar-refractivity contribution is 6.27. The largest absolute Gasteiger partial charge is 0.352 e. The van der Waals surface area contributed by atoms with Crippen LogP contribution in [0.25, 0.3) is 0 Å². The number of hydrogen-bond donors (Lipinski definition) is 2. The van der Waals surface area contributed by atoms with Crippen LogP contribution in [0.5, 0.6) is 0 Å². The molecule has 0 aliphatic rings. The Bertz CT molecular complexity index is 268. The van der Waals surface area contributed by atoms with Gasteiger partial charge in [-0.3, -0.25) is 9.59 Å². The summed E-state index contributed by atoms with van der Waals surface area (Å²) in [5.41, 5.74) is 0. The van der Waals surface area contributed by atoms with Crippen molar-refractivity contribution in [3.63, 3.8) is 0 Å². The summed E-state index contributed by atoms with van der Waals surface area (Å²) in [6.07, 6.45) is -1.90. The lowest BCUT2D eigenvalue weighted by molar-refractivity contribution is -0.141. The molecule has 0 saturated carbocycles. The molecule has 0 rings (SSSR count). The van der Waals surface area contributed by atoms with Crippen molar-refractivity contribution < 1.29 is 19.1 Å². The van der Waals surface area contributed by atoms with Gasteiger partial charge in [-0.05, 0) is 0 Å². The minimum absolute atomic E-state index is 0.145. The highest BCUT2D eigenvalue weighted by Crippen LogP contribution is 2.02. The third-order valence-electron chi connectivity index (χ3n) is 1.87. The number of hydrogen-bond acceptors (Lipinski definition) is 4. The van der Waals surface area contributed by atoms with Crippen molar-refractivity contribution in [1.29, 1.82) is 0 Å². The van der Waals surface area contributed by atoms with E-state index in [1.807, 2.05) is 0 Å². The van der Waals surface area contributed by atoms with Crippen LogP contribution in [0.15, 0.2) is 0 Å². The molecule has 0 bridgehead atoms. The summed E-state index contributed by atoms with van der Waals surface area (Å²) < 4.78 is 10.6. The fourth-order valence-electron chi connectivity index (χ4n) is 1.15. The molecule has 0 fully saturated rings. The Balaban J connectivity index is 4.74. The molecule has 2 unspecified atom stereocenters. The lowest BCUT2D eigenvalue weighted by Gasteiger charge is -2.28. The van der Waals surface area contributed by atoms with Crippen molar-refractivity contribution in [3.8, 4) is 0 Å². The van der Waals surface area contributed by atoms with E-state index < -0.39 is 24.3 Å². The number of halogens is 4. The summed E-state index contributed by atoms with van der Waals surface area (Å²) in [5, 5.41) is 4.92. The smallest absolute Gasteiger partial charge is 0.237 e. The van der Waals surface area contributed by atoms with E-state index in [9.17, 15) is 9.59 Å². The van der Waals surface area contributed by atoms with Crippen molar-refractivity contribution >= 4 is 58.2 Å². The predicted molar refractivity (Wildman–Crippen MR) is 78.6 cm³/mol. The van der Waals surface area contributed by atoms with Crippen molar-refractivity contribution in [1.82, 2.24) is 10.6 Å². The van der Waals surface area contributed by atoms with Crippen LogP contribution in [0.2, 0.25) is 0 Å². The first-order chi connectivity index (χ1) is 9.58. The van der Waals surface area contributed by atoms with E-state index in [0.717, 1.165) is 0 Å². The van der Waals surface area contributed by atoms with Gasteiger partial charge in [-0.1, -0.05) is 0 Å². The summed E-state index contributed by atoms with van der Waals surface area (Å²) in [6, 6.07) is 0. The molecule has 0 saturated heterocycles. The number of carbonyl (C=O) groups is 2. The van der Waals surface area contributed by atoms with Crippen LogP contribution >= 0.6 is 46.4 Å². The van der Waals surface area contributed by atoms with Crippen LogP contribution in [0.1, 0.15) is 0 Å². The second-order valence-corrected chi connectivity index (χ2v) is 4.65. The third-order valence-corrected chi connectivity index (χ3v) is 2.67.